The molecule has 2 amide bonds. The number of rotatable bonds is 3. The average molecular weight is 234 g/mol. The van der Waals surface area contributed by atoms with Crippen LogP contribution in [-0.2, 0) is 0 Å². The summed E-state index contributed by atoms with van der Waals surface area (Å²) in [5.74, 6) is -0.786. The zero-order valence-corrected chi connectivity index (χ0v) is 9.75. The first-order valence-electron chi connectivity index (χ1n) is 5.51. The van der Waals surface area contributed by atoms with Crippen LogP contribution in [0.25, 0.3) is 0 Å². The number of nitrogens with zero attached hydrogens (tertiary/aromatic N) is 2. The lowest BCUT2D eigenvalue weighted by molar-refractivity contribution is 0.0450. The highest BCUT2D eigenvalue weighted by Crippen LogP contribution is 2.25. The van der Waals surface area contributed by atoms with E-state index in [1.165, 1.54) is 6.20 Å². The van der Waals surface area contributed by atoms with Crippen molar-refractivity contribution in [2.24, 2.45) is 5.92 Å². The molecule has 0 fully saturated rings. The van der Waals surface area contributed by atoms with E-state index in [1.54, 1.807) is 12.1 Å². The summed E-state index contributed by atoms with van der Waals surface area (Å²) in [5, 5.41) is 9.30. The van der Waals surface area contributed by atoms with Crippen LogP contribution < -0.4 is 0 Å². The number of aliphatic hydroxyl groups is 1. The van der Waals surface area contributed by atoms with Gasteiger partial charge in [0, 0.05) is 6.20 Å². The molecule has 0 aromatic carbocycles. The zero-order chi connectivity index (χ0) is 12.6. The van der Waals surface area contributed by atoms with Crippen molar-refractivity contribution in [3.63, 3.8) is 0 Å². The predicted octanol–water partition coefficient (Wildman–Crippen LogP) is 0.695. The molecule has 90 valence electrons. The second-order valence-electron chi connectivity index (χ2n) is 4.37. The molecule has 0 spiro atoms. The molecular formula is C12H14N2O3. The summed E-state index contributed by atoms with van der Waals surface area (Å²) in [6.07, 6.45) is 1.48. The summed E-state index contributed by atoms with van der Waals surface area (Å²) in [7, 11) is 0. The number of hydrogen-bond acceptors (Lipinski definition) is 4. The van der Waals surface area contributed by atoms with Crippen molar-refractivity contribution in [3.8, 4) is 0 Å². The van der Waals surface area contributed by atoms with Gasteiger partial charge in [0.15, 0.2) is 0 Å². The van der Waals surface area contributed by atoms with E-state index in [9.17, 15) is 14.7 Å². The molecule has 5 nitrogen and oxygen atoms in total. The van der Waals surface area contributed by atoms with Crippen LogP contribution in [0, 0.1) is 5.92 Å². The smallest absolute Gasteiger partial charge is 0.280 e. The van der Waals surface area contributed by atoms with E-state index in [1.807, 2.05) is 13.8 Å². The first-order chi connectivity index (χ1) is 8.07. The van der Waals surface area contributed by atoms with Crippen LogP contribution in [0.1, 0.15) is 34.7 Å². The lowest BCUT2D eigenvalue weighted by atomic mass is 10.0. The number of aromatic nitrogens is 1. The minimum atomic E-state index is -0.496. The topological polar surface area (TPSA) is 70.5 Å². The van der Waals surface area contributed by atoms with Gasteiger partial charge in [-0.3, -0.25) is 19.5 Å². The van der Waals surface area contributed by atoms with Crippen LogP contribution in [0.5, 0.6) is 0 Å². The van der Waals surface area contributed by atoms with Crippen LogP contribution in [0.15, 0.2) is 18.3 Å². The summed E-state index contributed by atoms with van der Waals surface area (Å²) >= 11 is 0. The van der Waals surface area contributed by atoms with Gasteiger partial charge in [0.2, 0.25) is 0 Å². The maximum absolute atomic E-state index is 12.1. The summed E-state index contributed by atoms with van der Waals surface area (Å²) in [6.45, 7) is 3.48. The normalized spacial score (nSPS) is 16.6. The van der Waals surface area contributed by atoms with E-state index in [0.717, 1.165) is 4.90 Å². The number of carbonyl (C=O) groups is 2. The Morgan fingerprint density at radius 3 is 2.59 bits per heavy atom. The Bertz CT molecular complexity index is 436. The average Bonchev–Trinajstić information content (AvgIpc) is 2.56. The van der Waals surface area contributed by atoms with E-state index in [0.29, 0.717) is 5.56 Å². The number of pyridine rings is 1. The highest BCUT2D eigenvalue weighted by Gasteiger charge is 2.41. The van der Waals surface area contributed by atoms with Crippen LogP contribution in [0.4, 0.5) is 0 Å². The third-order valence-corrected chi connectivity index (χ3v) is 2.97. The van der Waals surface area contributed by atoms with Gasteiger partial charge in [-0.05, 0) is 18.1 Å². The van der Waals surface area contributed by atoms with Gasteiger partial charge < -0.3 is 5.11 Å². The molecule has 1 atom stereocenters. The van der Waals surface area contributed by atoms with Crippen LogP contribution in [-0.4, -0.2) is 39.5 Å². The van der Waals surface area contributed by atoms with Gasteiger partial charge in [0.1, 0.15) is 5.69 Å². The SMILES string of the molecule is CC(C)[C@H](CO)N1C(=O)c2cccnc2C1=O. The van der Waals surface area contributed by atoms with Crippen molar-refractivity contribution in [2.45, 2.75) is 19.9 Å². The number of hydrogen-bond donors (Lipinski definition) is 1. The Hall–Kier alpha value is -1.75. The molecule has 1 aliphatic heterocycles. The Balaban J connectivity index is 2.42. The molecule has 1 aromatic rings. The quantitative estimate of drug-likeness (QED) is 0.781. The number of fused-ring (bicyclic) bond motifs is 1. The monoisotopic (exact) mass is 234 g/mol. The molecule has 2 heterocycles. The van der Waals surface area contributed by atoms with E-state index in [2.05, 4.69) is 4.98 Å². The zero-order valence-electron chi connectivity index (χ0n) is 9.75. The fraction of sp³-hybridized carbons (Fsp3) is 0.417. The van der Waals surface area contributed by atoms with Gasteiger partial charge in [0.05, 0.1) is 18.2 Å². The first kappa shape index (κ1) is 11.7. The van der Waals surface area contributed by atoms with Crippen LogP contribution in [0.3, 0.4) is 0 Å². The number of imide groups is 1. The van der Waals surface area contributed by atoms with Gasteiger partial charge in [-0.2, -0.15) is 0 Å². The van der Waals surface area contributed by atoms with Gasteiger partial charge in [0.25, 0.3) is 11.8 Å². The second kappa shape index (κ2) is 4.25. The summed E-state index contributed by atoms with van der Waals surface area (Å²) in [6, 6.07) is 2.71. The van der Waals surface area contributed by atoms with E-state index >= 15 is 0 Å². The molecule has 2 rings (SSSR count). The maximum atomic E-state index is 12.1. The molecule has 0 radical (unpaired) electrons. The van der Waals surface area contributed by atoms with Crippen LogP contribution >= 0.6 is 0 Å². The van der Waals surface area contributed by atoms with Crippen molar-refractivity contribution in [1.29, 1.82) is 0 Å². The molecule has 17 heavy (non-hydrogen) atoms. The molecule has 1 N–H and O–H groups in total. The number of amides is 2. The Morgan fingerprint density at radius 1 is 1.35 bits per heavy atom. The summed E-state index contributed by atoms with van der Waals surface area (Å²) < 4.78 is 0. The Morgan fingerprint density at radius 2 is 2.06 bits per heavy atom. The predicted molar refractivity (Wildman–Crippen MR) is 60.4 cm³/mol. The molecular weight excluding hydrogens is 220 g/mol. The minimum Gasteiger partial charge on any atom is -0.394 e. The fourth-order valence-electron chi connectivity index (χ4n) is 1.98. The highest BCUT2D eigenvalue weighted by atomic mass is 16.3. The molecule has 0 aliphatic carbocycles. The Labute approximate surface area is 99.1 Å². The molecule has 1 aliphatic rings. The van der Waals surface area contributed by atoms with Gasteiger partial charge in [-0.15, -0.1) is 0 Å². The van der Waals surface area contributed by atoms with Crippen molar-refractivity contribution in [2.75, 3.05) is 6.61 Å². The lowest BCUT2D eigenvalue weighted by Gasteiger charge is -2.27. The van der Waals surface area contributed by atoms with Crippen molar-refractivity contribution in [1.82, 2.24) is 9.88 Å². The van der Waals surface area contributed by atoms with Crippen molar-refractivity contribution >= 4 is 11.8 Å². The third-order valence-electron chi connectivity index (χ3n) is 2.97. The van der Waals surface area contributed by atoms with Gasteiger partial charge in [-0.25, -0.2) is 0 Å². The van der Waals surface area contributed by atoms with E-state index in [-0.39, 0.29) is 24.1 Å². The number of carbonyl (C=O) groups excluding carboxylic acids is 2. The fourth-order valence-corrected chi connectivity index (χ4v) is 1.98. The van der Waals surface area contributed by atoms with Crippen molar-refractivity contribution < 1.29 is 14.7 Å². The summed E-state index contributed by atoms with van der Waals surface area (Å²) in [4.78, 5) is 29.1. The highest BCUT2D eigenvalue weighted by molar-refractivity contribution is 6.20. The molecule has 0 bridgehead atoms. The number of aliphatic hydroxyl groups excluding tert-OH is 1. The minimum absolute atomic E-state index is 0.00205. The Kier molecular flexibility index (Phi) is 2.93. The standard InChI is InChI=1S/C12H14N2O3/c1-7(2)9(6-15)14-11(16)8-4-3-5-13-10(8)12(14)17/h3-5,7,9,15H,6H2,1-2H3/t9-/m0/s1. The molecule has 0 saturated carbocycles. The molecule has 0 saturated heterocycles. The maximum Gasteiger partial charge on any atom is 0.280 e. The van der Waals surface area contributed by atoms with Gasteiger partial charge >= 0.3 is 0 Å². The molecule has 5 heteroatoms. The first-order valence-corrected chi connectivity index (χ1v) is 5.51. The van der Waals surface area contributed by atoms with Crippen LogP contribution in [0.2, 0.25) is 0 Å². The third kappa shape index (κ3) is 1.72. The van der Waals surface area contributed by atoms with Gasteiger partial charge in [-0.1, -0.05) is 13.8 Å². The van der Waals surface area contributed by atoms with E-state index in [4.69, 9.17) is 0 Å². The van der Waals surface area contributed by atoms with E-state index < -0.39 is 11.9 Å². The lowest BCUT2D eigenvalue weighted by Crippen LogP contribution is -2.45. The molecule has 0 unspecified atom stereocenters. The van der Waals surface area contributed by atoms with Crippen molar-refractivity contribution in [3.05, 3.63) is 29.6 Å². The second-order valence-corrected chi connectivity index (χ2v) is 4.37. The molecule has 1 aromatic heterocycles. The largest absolute Gasteiger partial charge is 0.394 e. The summed E-state index contributed by atoms with van der Waals surface area (Å²) in [5.41, 5.74) is 0.494.